The highest BCUT2D eigenvalue weighted by Gasteiger charge is 2.07. The number of hydrazine groups is 1. The van der Waals surface area contributed by atoms with Gasteiger partial charge in [0.05, 0.1) is 12.5 Å². The van der Waals surface area contributed by atoms with Gasteiger partial charge in [-0.1, -0.05) is 18.2 Å². The van der Waals surface area contributed by atoms with Crippen molar-refractivity contribution in [3.8, 4) is 17.6 Å². The van der Waals surface area contributed by atoms with Crippen molar-refractivity contribution in [3.05, 3.63) is 59.2 Å². The van der Waals surface area contributed by atoms with E-state index < -0.39 is 11.8 Å². The Labute approximate surface area is 157 Å². The third-order valence-corrected chi connectivity index (χ3v) is 3.77. The van der Waals surface area contributed by atoms with Crippen molar-refractivity contribution in [3.63, 3.8) is 0 Å². The first-order valence-corrected chi connectivity index (χ1v) is 8.34. The van der Waals surface area contributed by atoms with Crippen LogP contribution in [0.4, 0.5) is 0 Å². The number of carbonyl (C=O) groups excluding carboxylic acids is 2. The first kappa shape index (κ1) is 19.8. The van der Waals surface area contributed by atoms with Gasteiger partial charge < -0.3 is 9.47 Å². The number of nitriles is 1. The quantitative estimate of drug-likeness (QED) is 0.729. The van der Waals surface area contributed by atoms with E-state index in [2.05, 4.69) is 16.9 Å². The number of nitrogens with zero attached hydrogens (tertiary/aromatic N) is 1. The Morgan fingerprint density at radius 1 is 0.889 bits per heavy atom. The Morgan fingerprint density at radius 3 is 2.00 bits per heavy atom. The average molecular weight is 367 g/mol. The maximum Gasteiger partial charge on any atom is 0.276 e. The minimum absolute atomic E-state index is 0.218. The molecule has 0 bridgehead atoms. The number of hydrogen-bond acceptors (Lipinski definition) is 5. The van der Waals surface area contributed by atoms with E-state index in [-0.39, 0.29) is 13.2 Å². The van der Waals surface area contributed by atoms with E-state index in [0.29, 0.717) is 17.9 Å². The second-order valence-corrected chi connectivity index (χ2v) is 5.90. The molecule has 0 unspecified atom stereocenters. The lowest BCUT2D eigenvalue weighted by Crippen LogP contribution is -2.45. The molecule has 0 atom stereocenters. The van der Waals surface area contributed by atoms with Crippen molar-refractivity contribution in [1.29, 1.82) is 5.26 Å². The molecule has 7 nitrogen and oxygen atoms in total. The van der Waals surface area contributed by atoms with Gasteiger partial charge in [0.15, 0.2) is 13.2 Å². The number of nitrogens with one attached hydrogen (secondary N) is 2. The first-order chi connectivity index (χ1) is 13.0. The highest BCUT2D eigenvalue weighted by molar-refractivity contribution is 5.83. The van der Waals surface area contributed by atoms with E-state index >= 15 is 0 Å². The lowest BCUT2D eigenvalue weighted by Gasteiger charge is -2.10. The van der Waals surface area contributed by atoms with Crippen LogP contribution in [-0.2, 0) is 16.0 Å². The van der Waals surface area contributed by atoms with Crippen molar-refractivity contribution >= 4 is 11.8 Å². The Kier molecular flexibility index (Phi) is 7.20. The fourth-order valence-corrected chi connectivity index (χ4v) is 2.11. The van der Waals surface area contributed by atoms with Gasteiger partial charge >= 0.3 is 0 Å². The van der Waals surface area contributed by atoms with Crippen molar-refractivity contribution in [1.82, 2.24) is 10.9 Å². The lowest BCUT2D eigenvalue weighted by molar-refractivity contribution is -0.131. The van der Waals surface area contributed by atoms with Crippen molar-refractivity contribution in [2.75, 3.05) is 13.2 Å². The third kappa shape index (κ3) is 6.71. The zero-order valence-electron chi connectivity index (χ0n) is 15.2. The van der Waals surface area contributed by atoms with Gasteiger partial charge in [-0.3, -0.25) is 20.4 Å². The summed E-state index contributed by atoms with van der Waals surface area (Å²) in [7, 11) is 0. The number of ether oxygens (including phenoxy) is 2. The average Bonchev–Trinajstić information content (AvgIpc) is 2.67. The highest BCUT2D eigenvalue weighted by atomic mass is 16.5. The van der Waals surface area contributed by atoms with Gasteiger partial charge in [-0.05, 0) is 54.8 Å². The molecule has 0 spiro atoms. The van der Waals surface area contributed by atoms with Gasteiger partial charge in [0.25, 0.3) is 11.8 Å². The molecule has 7 heteroatoms. The van der Waals surface area contributed by atoms with Crippen LogP contribution in [0.1, 0.15) is 16.7 Å². The van der Waals surface area contributed by atoms with E-state index in [1.807, 2.05) is 26.0 Å². The van der Waals surface area contributed by atoms with Crippen LogP contribution in [0.15, 0.2) is 42.5 Å². The standard InChI is InChI=1S/C20H21N3O4/c1-14-3-6-18(11-15(14)2)27-13-20(25)23-22-19(24)12-26-17-7-4-16(5-8-17)9-10-21/h3-8,11H,9,12-13H2,1-2H3,(H,22,24)(H,23,25). The Hall–Kier alpha value is -3.53. The monoisotopic (exact) mass is 367 g/mol. The molecule has 2 N–H and O–H groups in total. The topological polar surface area (TPSA) is 100 Å². The second-order valence-electron chi connectivity index (χ2n) is 5.90. The van der Waals surface area contributed by atoms with Crippen molar-refractivity contribution in [2.45, 2.75) is 20.3 Å². The molecule has 2 aromatic carbocycles. The summed E-state index contributed by atoms with van der Waals surface area (Å²) in [5.41, 5.74) is 7.59. The largest absolute Gasteiger partial charge is 0.484 e. The van der Waals surface area contributed by atoms with E-state index in [0.717, 1.165) is 16.7 Å². The van der Waals surface area contributed by atoms with Crippen molar-refractivity contribution < 1.29 is 19.1 Å². The molecule has 0 aromatic heterocycles. The smallest absolute Gasteiger partial charge is 0.276 e. The Morgan fingerprint density at radius 2 is 1.44 bits per heavy atom. The van der Waals surface area contributed by atoms with E-state index in [4.69, 9.17) is 14.7 Å². The summed E-state index contributed by atoms with van der Waals surface area (Å²) < 4.78 is 10.7. The second kappa shape index (κ2) is 9.82. The van der Waals surface area contributed by atoms with Crippen LogP contribution in [0.25, 0.3) is 0 Å². The fourth-order valence-electron chi connectivity index (χ4n) is 2.11. The van der Waals surface area contributed by atoms with E-state index in [1.54, 1.807) is 30.3 Å². The van der Waals surface area contributed by atoms with Crippen LogP contribution in [-0.4, -0.2) is 25.0 Å². The minimum Gasteiger partial charge on any atom is -0.484 e. The summed E-state index contributed by atoms with van der Waals surface area (Å²) in [6.45, 7) is 3.48. The van der Waals surface area contributed by atoms with Crippen LogP contribution in [0.5, 0.6) is 11.5 Å². The van der Waals surface area contributed by atoms with Crippen LogP contribution >= 0.6 is 0 Å². The number of hydrogen-bond donors (Lipinski definition) is 2. The molecular weight excluding hydrogens is 346 g/mol. The normalized spacial score (nSPS) is 9.81. The summed E-state index contributed by atoms with van der Waals surface area (Å²) in [5, 5.41) is 8.62. The number of rotatable bonds is 7. The summed E-state index contributed by atoms with van der Waals surface area (Å²) in [6.07, 6.45) is 0.316. The summed E-state index contributed by atoms with van der Waals surface area (Å²) in [6, 6.07) is 14.4. The molecule has 0 radical (unpaired) electrons. The molecule has 2 aromatic rings. The molecule has 0 aliphatic rings. The Balaban J connectivity index is 1.67. The molecule has 0 saturated heterocycles. The number of amides is 2. The molecule has 140 valence electrons. The Bertz CT molecular complexity index is 841. The molecule has 0 heterocycles. The lowest BCUT2D eigenvalue weighted by atomic mass is 10.1. The molecule has 0 aliphatic heterocycles. The van der Waals surface area contributed by atoms with Crippen molar-refractivity contribution in [2.24, 2.45) is 0 Å². The number of aryl methyl sites for hydroxylation is 2. The van der Waals surface area contributed by atoms with E-state index in [9.17, 15) is 9.59 Å². The predicted molar refractivity (Wildman–Crippen MR) is 99.0 cm³/mol. The van der Waals surface area contributed by atoms with Gasteiger partial charge in [-0.25, -0.2) is 0 Å². The minimum atomic E-state index is -0.504. The third-order valence-electron chi connectivity index (χ3n) is 3.77. The number of carbonyl (C=O) groups is 2. The molecular formula is C20H21N3O4. The van der Waals surface area contributed by atoms with Crippen LogP contribution in [0, 0.1) is 25.2 Å². The molecule has 27 heavy (non-hydrogen) atoms. The van der Waals surface area contributed by atoms with Gasteiger partial charge in [-0.15, -0.1) is 0 Å². The van der Waals surface area contributed by atoms with Gasteiger partial charge in [0.2, 0.25) is 0 Å². The van der Waals surface area contributed by atoms with Gasteiger partial charge in [0.1, 0.15) is 11.5 Å². The maximum absolute atomic E-state index is 11.7. The molecule has 0 fully saturated rings. The molecule has 0 saturated carbocycles. The van der Waals surface area contributed by atoms with Crippen LogP contribution in [0.2, 0.25) is 0 Å². The summed E-state index contributed by atoms with van der Waals surface area (Å²) >= 11 is 0. The molecule has 2 amide bonds. The molecule has 0 aliphatic carbocycles. The van der Waals surface area contributed by atoms with Crippen LogP contribution in [0.3, 0.4) is 0 Å². The summed E-state index contributed by atoms with van der Waals surface area (Å²) in [4.78, 5) is 23.4. The van der Waals surface area contributed by atoms with Gasteiger partial charge in [-0.2, -0.15) is 5.26 Å². The zero-order chi connectivity index (χ0) is 19.6. The molecule has 2 rings (SSSR count). The fraction of sp³-hybridized carbons (Fsp3) is 0.250. The first-order valence-electron chi connectivity index (χ1n) is 8.34. The zero-order valence-corrected chi connectivity index (χ0v) is 15.2. The SMILES string of the molecule is Cc1ccc(OCC(=O)NNC(=O)COc2ccc(CC#N)cc2)cc1C. The van der Waals surface area contributed by atoms with Crippen LogP contribution < -0.4 is 20.3 Å². The highest BCUT2D eigenvalue weighted by Crippen LogP contribution is 2.16. The van der Waals surface area contributed by atoms with Gasteiger partial charge in [0, 0.05) is 0 Å². The summed E-state index contributed by atoms with van der Waals surface area (Å²) in [5.74, 6) is 0.0945. The van der Waals surface area contributed by atoms with E-state index in [1.165, 1.54) is 0 Å². The number of benzene rings is 2. The maximum atomic E-state index is 11.7. The predicted octanol–water partition coefficient (Wildman–Crippen LogP) is 1.97.